The molecular formula is C20H17BrN2O2. The molecule has 0 spiro atoms. The number of carbonyl (C=O) groups is 1. The van der Waals surface area contributed by atoms with E-state index in [4.69, 9.17) is 0 Å². The molecule has 0 saturated heterocycles. The maximum atomic E-state index is 12.9. The molecule has 0 saturated carbocycles. The highest BCUT2D eigenvalue weighted by molar-refractivity contribution is 9.10. The summed E-state index contributed by atoms with van der Waals surface area (Å²) in [7, 11) is 0. The van der Waals surface area contributed by atoms with Crippen molar-refractivity contribution in [3.05, 3.63) is 74.0 Å². The first-order valence-corrected chi connectivity index (χ1v) is 8.99. The lowest BCUT2D eigenvalue weighted by Crippen LogP contribution is -2.24. The fourth-order valence-corrected chi connectivity index (χ4v) is 4.08. The van der Waals surface area contributed by atoms with Crippen LogP contribution in [0, 0.1) is 6.92 Å². The highest BCUT2D eigenvalue weighted by atomic mass is 79.9. The van der Waals surface area contributed by atoms with Crippen LogP contribution in [0.5, 0.6) is 0 Å². The number of hydrogen-bond acceptors (Lipinski definition) is 2. The van der Waals surface area contributed by atoms with Crippen LogP contribution >= 0.6 is 15.9 Å². The molecule has 3 aromatic rings. The summed E-state index contributed by atoms with van der Waals surface area (Å²) >= 11 is 3.45. The van der Waals surface area contributed by atoms with E-state index in [1.54, 1.807) is 12.3 Å². The average molecular weight is 397 g/mol. The largest absolute Gasteiger partial charge is 0.343 e. The Morgan fingerprint density at radius 2 is 2.08 bits per heavy atom. The molecule has 1 unspecified atom stereocenters. The zero-order valence-electron chi connectivity index (χ0n) is 14.0. The molecule has 4 rings (SSSR count). The van der Waals surface area contributed by atoms with Gasteiger partial charge in [-0.15, -0.1) is 0 Å². The van der Waals surface area contributed by atoms with Crippen LogP contribution in [0.25, 0.3) is 10.9 Å². The summed E-state index contributed by atoms with van der Waals surface area (Å²) < 4.78 is 2.84. The van der Waals surface area contributed by atoms with Crippen LogP contribution in [0.1, 0.15) is 34.5 Å². The van der Waals surface area contributed by atoms with Crippen molar-refractivity contribution >= 4 is 38.4 Å². The second kappa shape index (κ2) is 5.85. The number of para-hydroxylation sites is 1. The number of rotatable bonds is 2. The summed E-state index contributed by atoms with van der Waals surface area (Å²) in [4.78, 5) is 25.6. The molecule has 1 N–H and O–H groups in total. The smallest absolute Gasteiger partial charge is 0.261 e. The number of halogens is 1. The van der Waals surface area contributed by atoms with E-state index in [1.807, 2.05) is 41.8 Å². The molecule has 1 aliphatic rings. The standard InChI is InChI=1S/C20H17BrN2O2/c1-11-6-7-17(16(21)8-11)22-20(25)15-10-23-12(2)9-13-4-3-5-14(18(13)23)19(15)24/h3-8,10,12H,9H2,1-2H3,(H,22,25). The molecule has 1 aliphatic heterocycles. The van der Waals surface area contributed by atoms with E-state index in [-0.39, 0.29) is 22.9 Å². The van der Waals surface area contributed by atoms with E-state index in [1.165, 1.54) is 0 Å². The number of benzene rings is 2. The lowest BCUT2D eigenvalue weighted by atomic mass is 10.1. The van der Waals surface area contributed by atoms with Gasteiger partial charge in [0.1, 0.15) is 5.56 Å². The number of anilines is 1. The van der Waals surface area contributed by atoms with Gasteiger partial charge in [0.15, 0.2) is 0 Å². The third kappa shape index (κ3) is 2.59. The topological polar surface area (TPSA) is 51.1 Å². The minimum atomic E-state index is -0.385. The molecule has 1 amide bonds. The van der Waals surface area contributed by atoms with Crippen molar-refractivity contribution in [3.63, 3.8) is 0 Å². The second-order valence-corrected chi connectivity index (χ2v) is 7.44. The van der Waals surface area contributed by atoms with E-state index in [0.717, 1.165) is 27.5 Å². The van der Waals surface area contributed by atoms with Crippen LogP contribution < -0.4 is 10.7 Å². The Kier molecular flexibility index (Phi) is 3.76. The second-order valence-electron chi connectivity index (χ2n) is 6.58. The van der Waals surface area contributed by atoms with Gasteiger partial charge in [0.05, 0.1) is 11.2 Å². The molecule has 0 fully saturated rings. The van der Waals surface area contributed by atoms with Gasteiger partial charge in [-0.25, -0.2) is 0 Å². The van der Waals surface area contributed by atoms with Gasteiger partial charge >= 0.3 is 0 Å². The molecule has 1 atom stereocenters. The first kappa shape index (κ1) is 16.1. The summed E-state index contributed by atoms with van der Waals surface area (Å²) in [6.07, 6.45) is 2.58. The summed E-state index contributed by atoms with van der Waals surface area (Å²) in [5.74, 6) is -0.385. The zero-order chi connectivity index (χ0) is 17.7. The van der Waals surface area contributed by atoms with Crippen LogP contribution in [0.15, 0.2) is 51.9 Å². The summed E-state index contributed by atoms with van der Waals surface area (Å²) in [5, 5.41) is 3.45. The van der Waals surface area contributed by atoms with E-state index in [9.17, 15) is 9.59 Å². The number of nitrogens with one attached hydrogen (secondary N) is 1. The van der Waals surface area contributed by atoms with Crippen molar-refractivity contribution < 1.29 is 4.79 Å². The predicted molar refractivity (Wildman–Crippen MR) is 103 cm³/mol. The molecule has 5 heteroatoms. The Morgan fingerprint density at radius 3 is 2.84 bits per heavy atom. The molecular weight excluding hydrogens is 380 g/mol. The van der Waals surface area contributed by atoms with Crippen molar-refractivity contribution in [3.8, 4) is 0 Å². The normalized spacial score (nSPS) is 15.6. The Hall–Kier alpha value is -2.40. The van der Waals surface area contributed by atoms with Gasteiger partial charge in [0.25, 0.3) is 5.91 Å². The van der Waals surface area contributed by atoms with Crippen molar-refractivity contribution in [1.29, 1.82) is 0 Å². The van der Waals surface area contributed by atoms with Crippen molar-refractivity contribution in [2.75, 3.05) is 5.32 Å². The van der Waals surface area contributed by atoms with E-state index >= 15 is 0 Å². The van der Waals surface area contributed by atoms with Gasteiger partial charge in [0.2, 0.25) is 5.43 Å². The number of hydrogen-bond donors (Lipinski definition) is 1. The van der Waals surface area contributed by atoms with E-state index < -0.39 is 0 Å². The van der Waals surface area contributed by atoms with Gasteiger partial charge in [-0.05, 0) is 65.5 Å². The number of amides is 1. The van der Waals surface area contributed by atoms with Gasteiger partial charge in [-0.2, -0.15) is 0 Å². The number of pyridine rings is 1. The monoisotopic (exact) mass is 396 g/mol. The maximum absolute atomic E-state index is 12.9. The molecule has 2 heterocycles. The lowest BCUT2D eigenvalue weighted by molar-refractivity contribution is 0.102. The van der Waals surface area contributed by atoms with Crippen molar-refractivity contribution in [2.45, 2.75) is 26.3 Å². The number of aryl methyl sites for hydroxylation is 1. The summed E-state index contributed by atoms with van der Waals surface area (Å²) in [6.45, 7) is 4.08. The molecule has 0 radical (unpaired) electrons. The third-order valence-electron chi connectivity index (χ3n) is 4.74. The molecule has 0 bridgehead atoms. The Balaban J connectivity index is 1.81. The minimum absolute atomic E-state index is 0.172. The molecule has 1 aromatic heterocycles. The lowest BCUT2D eigenvalue weighted by Gasteiger charge is -2.13. The first-order chi connectivity index (χ1) is 12.0. The summed E-state index contributed by atoms with van der Waals surface area (Å²) in [5.41, 5.74) is 3.81. The maximum Gasteiger partial charge on any atom is 0.261 e. The fourth-order valence-electron chi connectivity index (χ4n) is 3.49. The van der Waals surface area contributed by atoms with E-state index in [0.29, 0.717) is 11.1 Å². The van der Waals surface area contributed by atoms with Crippen molar-refractivity contribution in [2.24, 2.45) is 0 Å². The van der Waals surface area contributed by atoms with Crippen LogP contribution in [0.3, 0.4) is 0 Å². The average Bonchev–Trinajstić information content (AvgIpc) is 2.89. The first-order valence-electron chi connectivity index (χ1n) is 8.20. The van der Waals surface area contributed by atoms with Gasteiger partial charge < -0.3 is 9.88 Å². The molecule has 2 aromatic carbocycles. The zero-order valence-corrected chi connectivity index (χ0v) is 15.6. The fraction of sp³-hybridized carbons (Fsp3) is 0.200. The van der Waals surface area contributed by atoms with Crippen LogP contribution in [0.2, 0.25) is 0 Å². The Bertz CT molecular complexity index is 1080. The molecule has 4 nitrogen and oxygen atoms in total. The Morgan fingerprint density at radius 1 is 1.28 bits per heavy atom. The van der Waals surface area contributed by atoms with Crippen LogP contribution in [-0.2, 0) is 6.42 Å². The van der Waals surface area contributed by atoms with Crippen LogP contribution in [0.4, 0.5) is 5.69 Å². The predicted octanol–water partition coefficient (Wildman–Crippen LogP) is 4.44. The van der Waals surface area contributed by atoms with Crippen LogP contribution in [-0.4, -0.2) is 10.5 Å². The highest BCUT2D eigenvalue weighted by Gasteiger charge is 2.24. The SMILES string of the molecule is Cc1ccc(NC(=O)c2cn3c4c(cccc4c2=O)CC3C)c(Br)c1. The van der Waals surface area contributed by atoms with Crippen molar-refractivity contribution in [1.82, 2.24) is 4.57 Å². The Labute approximate surface area is 153 Å². The minimum Gasteiger partial charge on any atom is -0.343 e. The number of carbonyl (C=O) groups excluding carboxylic acids is 1. The van der Waals surface area contributed by atoms with Gasteiger partial charge in [-0.3, -0.25) is 9.59 Å². The van der Waals surface area contributed by atoms with E-state index in [2.05, 4.69) is 28.2 Å². The number of aromatic nitrogens is 1. The van der Waals surface area contributed by atoms with Gasteiger partial charge in [0, 0.05) is 22.1 Å². The molecule has 126 valence electrons. The third-order valence-corrected chi connectivity index (χ3v) is 5.40. The molecule has 0 aliphatic carbocycles. The summed E-state index contributed by atoms with van der Waals surface area (Å²) in [6, 6.07) is 11.6. The number of nitrogens with zero attached hydrogens (tertiary/aromatic N) is 1. The van der Waals surface area contributed by atoms with Gasteiger partial charge in [-0.1, -0.05) is 18.2 Å². The molecule has 25 heavy (non-hydrogen) atoms. The highest BCUT2D eigenvalue weighted by Crippen LogP contribution is 2.31. The quantitative estimate of drug-likeness (QED) is 0.695.